The van der Waals surface area contributed by atoms with Gasteiger partial charge in [0, 0.05) is 0 Å². The van der Waals surface area contributed by atoms with Crippen molar-refractivity contribution in [3.05, 3.63) is 54.6 Å². The Bertz CT molecular complexity index is 1030. The van der Waals surface area contributed by atoms with E-state index in [1.807, 2.05) is 0 Å². The zero-order valence-corrected chi connectivity index (χ0v) is 18.8. The molecule has 4 rings (SSSR count). The lowest BCUT2D eigenvalue weighted by molar-refractivity contribution is 0.584. The summed E-state index contributed by atoms with van der Waals surface area (Å²) in [7, 11) is -0.925. The highest BCUT2D eigenvalue weighted by atomic mass is 28.3. The molecule has 0 aromatic heterocycles. The van der Waals surface area contributed by atoms with Crippen LogP contribution in [-0.4, -0.2) is 8.80 Å². The molecule has 1 unspecified atom stereocenters. The van der Waals surface area contributed by atoms with Gasteiger partial charge in [0.05, 0.1) is 8.80 Å². The summed E-state index contributed by atoms with van der Waals surface area (Å²) >= 11 is 0. The minimum atomic E-state index is -0.925. The first-order valence-corrected chi connectivity index (χ1v) is 14.0. The lowest BCUT2D eigenvalue weighted by Crippen LogP contribution is -2.27. The first-order valence-electron chi connectivity index (χ1n) is 11.5. The van der Waals surface area contributed by atoms with E-state index in [2.05, 4.69) is 68.1 Å². The molecule has 0 spiro atoms. The topological polar surface area (TPSA) is 0 Å². The second-order valence-electron chi connectivity index (χ2n) is 8.68. The van der Waals surface area contributed by atoms with Crippen molar-refractivity contribution in [3.63, 3.8) is 0 Å². The van der Waals surface area contributed by atoms with Gasteiger partial charge in [-0.25, -0.2) is 0 Å². The summed E-state index contributed by atoms with van der Waals surface area (Å²) in [5.74, 6) is 0. The maximum atomic E-state index is 2.57. The van der Waals surface area contributed by atoms with Crippen LogP contribution in [0.4, 0.5) is 0 Å². The summed E-state index contributed by atoms with van der Waals surface area (Å²) in [6.45, 7) is 4.87. The molecule has 0 aliphatic rings. The van der Waals surface area contributed by atoms with Crippen LogP contribution in [0.5, 0.6) is 0 Å². The first-order chi connectivity index (χ1) is 13.8. The highest BCUT2D eigenvalue weighted by molar-refractivity contribution is 6.75. The van der Waals surface area contributed by atoms with Gasteiger partial charge in [0.25, 0.3) is 0 Å². The smallest absolute Gasteiger partial charge is 0.0680 e. The molecule has 0 aliphatic carbocycles. The van der Waals surface area contributed by atoms with Crippen LogP contribution >= 0.6 is 0 Å². The summed E-state index contributed by atoms with van der Waals surface area (Å²) in [5.41, 5.74) is 0. The quantitative estimate of drug-likeness (QED) is 0.148. The second-order valence-corrected chi connectivity index (χ2v) is 11.7. The minimum absolute atomic E-state index is 0.925. The molecule has 0 aliphatic heterocycles. The molecule has 4 aromatic carbocycles. The van der Waals surface area contributed by atoms with Gasteiger partial charge in [0.1, 0.15) is 0 Å². The van der Waals surface area contributed by atoms with Crippen molar-refractivity contribution < 1.29 is 0 Å². The monoisotopic (exact) mass is 386 g/mol. The Morgan fingerprint density at radius 1 is 0.643 bits per heavy atom. The average molecular weight is 387 g/mol. The highest BCUT2D eigenvalue weighted by Gasteiger charge is 2.16. The summed E-state index contributed by atoms with van der Waals surface area (Å²) < 4.78 is 0. The van der Waals surface area contributed by atoms with Crippen LogP contribution in [0.15, 0.2) is 54.6 Å². The Morgan fingerprint density at radius 2 is 1.25 bits per heavy atom. The fraction of sp³-hybridized carbons (Fsp3) is 0.407. The maximum absolute atomic E-state index is 2.57. The Morgan fingerprint density at radius 3 is 2.00 bits per heavy atom. The van der Waals surface area contributed by atoms with E-state index in [1.54, 1.807) is 5.19 Å². The number of rotatable bonds is 10. The summed E-state index contributed by atoms with van der Waals surface area (Å²) in [5, 5.41) is 10.4. The third kappa shape index (κ3) is 3.96. The molecule has 1 atom stereocenters. The Balaban J connectivity index is 1.50. The number of hydrogen-bond acceptors (Lipinski definition) is 0. The van der Waals surface area contributed by atoms with Crippen molar-refractivity contribution >= 4 is 46.3 Å². The van der Waals surface area contributed by atoms with Crippen molar-refractivity contribution in [2.75, 3.05) is 0 Å². The Hall–Kier alpha value is -1.86. The Labute approximate surface area is 171 Å². The third-order valence-corrected chi connectivity index (χ3v) is 9.38. The zero-order valence-electron chi connectivity index (χ0n) is 17.6. The maximum Gasteiger partial charge on any atom is 0.0686 e. The van der Waals surface area contributed by atoms with E-state index in [1.165, 1.54) is 89.7 Å². The number of unbranched alkanes of at least 4 members (excludes halogenated alkanes) is 7. The summed E-state index contributed by atoms with van der Waals surface area (Å²) in [6.07, 6.45) is 11.3. The van der Waals surface area contributed by atoms with Crippen molar-refractivity contribution in [1.82, 2.24) is 0 Å². The molecule has 4 aromatic rings. The fourth-order valence-electron chi connectivity index (χ4n) is 4.94. The van der Waals surface area contributed by atoms with Crippen molar-refractivity contribution in [3.8, 4) is 0 Å². The van der Waals surface area contributed by atoms with E-state index in [9.17, 15) is 0 Å². The zero-order chi connectivity index (χ0) is 19.3. The van der Waals surface area contributed by atoms with Gasteiger partial charge < -0.3 is 0 Å². The molecule has 0 bridgehead atoms. The standard InChI is InChI=1S/C27H34Si/c1-3-4-5-6-7-8-9-10-19-28(2)25-20-23-15-11-13-21-17-18-22-14-12-16-24(25)27(22)26(21)23/h11-18,20,28H,3-10,19H2,1-2H3. The highest BCUT2D eigenvalue weighted by Crippen LogP contribution is 2.33. The summed E-state index contributed by atoms with van der Waals surface area (Å²) in [4.78, 5) is 0. The molecule has 0 nitrogen and oxygen atoms in total. The molecule has 28 heavy (non-hydrogen) atoms. The van der Waals surface area contributed by atoms with Crippen molar-refractivity contribution in [2.45, 2.75) is 70.9 Å². The van der Waals surface area contributed by atoms with Gasteiger partial charge in [-0.05, 0) is 32.3 Å². The van der Waals surface area contributed by atoms with Crippen LogP contribution in [0.3, 0.4) is 0 Å². The summed E-state index contributed by atoms with van der Waals surface area (Å²) in [6, 6.07) is 22.3. The van der Waals surface area contributed by atoms with Crippen LogP contribution in [0.1, 0.15) is 58.3 Å². The lowest BCUT2D eigenvalue weighted by Gasteiger charge is -2.18. The van der Waals surface area contributed by atoms with Gasteiger partial charge in [0.2, 0.25) is 0 Å². The normalized spacial score (nSPS) is 13.1. The molecule has 0 N–H and O–H groups in total. The molecule has 0 amide bonds. The van der Waals surface area contributed by atoms with E-state index < -0.39 is 8.80 Å². The van der Waals surface area contributed by atoms with E-state index >= 15 is 0 Å². The SMILES string of the molecule is CCCCCCCCCC[SiH](C)c1cc2cccc3ccc4cccc1c4c32. The van der Waals surface area contributed by atoms with Crippen LogP contribution in [0.25, 0.3) is 32.3 Å². The van der Waals surface area contributed by atoms with Crippen molar-refractivity contribution in [2.24, 2.45) is 0 Å². The van der Waals surface area contributed by atoms with Crippen molar-refractivity contribution in [1.29, 1.82) is 0 Å². The van der Waals surface area contributed by atoms with Gasteiger partial charge in [-0.1, -0.05) is 131 Å². The molecule has 0 heterocycles. The second kappa shape index (κ2) is 9.09. The molecule has 0 saturated heterocycles. The molecule has 146 valence electrons. The van der Waals surface area contributed by atoms with Gasteiger partial charge in [-0.15, -0.1) is 0 Å². The van der Waals surface area contributed by atoms with E-state index in [0.29, 0.717) is 0 Å². The molecule has 1 heteroatoms. The van der Waals surface area contributed by atoms with E-state index in [4.69, 9.17) is 0 Å². The first kappa shape index (κ1) is 19.5. The third-order valence-electron chi connectivity index (χ3n) is 6.56. The van der Waals surface area contributed by atoms with Gasteiger partial charge in [0.15, 0.2) is 0 Å². The molecule has 0 fully saturated rings. The van der Waals surface area contributed by atoms with Crippen LogP contribution in [0, 0.1) is 0 Å². The van der Waals surface area contributed by atoms with Crippen LogP contribution in [0.2, 0.25) is 12.6 Å². The number of benzene rings is 4. The fourth-order valence-corrected chi connectivity index (χ4v) is 7.39. The van der Waals surface area contributed by atoms with Gasteiger partial charge >= 0.3 is 0 Å². The van der Waals surface area contributed by atoms with E-state index in [-0.39, 0.29) is 0 Å². The minimum Gasteiger partial charge on any atom is -0.0680 e. The Kier molecular flexibility index (Phi) is 6.32. The van der Waals surface area contributed by atoms with E-state index in [0.717, 1.165) is 0 Å². The largest absolute Gasteiger partial charge is 0.0686 e. The predicted octanol–water partition coefficient (Wildman–Crippen LogP) is 7.79. The number of hydrogen-bond donors (Lipinski definition) is 0. The van der Waals surface area contributed by atoms with Gasteiger partial charge in [-0.3, -0.25) is 0 Å². The van der Waals surface area contributed by atoms with Crippen LogP contribution < -0.4 is 5.19 Å². The molecular formula is C27H34Si. The van der Waals surface area contributed by atoms with Gasteiger partial charge in [-0.2, -0.15) is 0 Å². The molecule has 0 saturated carbocycles. The lowest BCUT2D eigenvalue weighted by atomic mass is 9.94. The molecule has 0 radical (unpaired) electrons. The molecular weight excluding hydrogens is 352 g/mol. The predicted molar refractivity (Wildman–Crippen MR) is 130 cm³/mol. The average Bonchev–Trinajstić information content (AvgIpc) is 2.73. The van der Waals surface area contributed by atoms with Crippen LogP contribution in [-0.2, 0) is 0 Å².